The fraction of sp³-hybridized carbons (Fsp3) is 0.533. The van der Waals surface area contributed by atoms with Crippen LogP contribution in [0.5, 0.6) is 0 Å². The van der Waals surface area contributed by atoms with Crippen molar-refractivity contribution in [1.29, 1.82) is 0 Å². The van der Waals surface area contributed by atoms with Gasteiger partial charge in [-0.25, -0.2) is 0 Å². The van der Waals surface area contributed by atoms with Crippen LogP contribution in [-0.4, -0.2) is 23.7 Å². The third-order valence-electron chi connectivity index (χ3n) is 3.74. The lowest BCUT2D eigenvalue weighted by Crippen LogP contribution is -2.53. The number of rotatable bonds is 7. The van der Waals surface area contributed by atoms with Crippen molar-refractivity contribution in [3.63, 3.8) is 0 Å². The van der Waals surface area contributed by atoms with Crippen LogP contribution in [0.4, 0.5) is 0 Å². The van der Waals surface area contributed by atoms with Gasteiger partial charge in [-0.2, -0.15) is 0 Å². The minimum atomic E-state index is -0.220. The van der Waals surface area contributed by atoms with E-state index in [-0.39, 0.29) is 23.9 Å². The summed E-state index contributed by atoms with van der Waals surface area (Å²) in [5.41, 5.74) is 5.58. The quantitative estimate of drug-likeness (QED) is 0.741. The maximum absolute atomic E-state index is 12.0. The van der Waals surface area contributed by atoms with Gasteiger partial charge in [0.25, 0.3) is 0 Å². The van der Waals surface area contributed by atoms with E-state index in [1.807, 2.05) is 24.3 Å². The lowest BCUT2D eigenvalue weighted by Gasteiger charge is -2.29. The van der Waals surface area contributed by atoms with Crippen molar-refractivity contribution in [2.75, 3.05) is 12.3 Å². The number of amides is 1. The van der Waals surface area contributed by atoms with Crippen molar-refractivity contribution in [2.45, 2.75) is 36.6 Å². The van der Waals surface area contributed by atoms with Gasteiger partial charge >= 0.3 is 0 Å². The predicted molar refractivity (Wildman–Crippen MR) is 92.4 cm³/mol. The van der Waals surface area contributed by atoms with Gasteiger partial charge in [0, 0.05) is 28.6 Å². The zero-order chi connectivity index (χ0) is 14.6. The highest BCUT2D eigenvalue weighted by Gasteiger charge is 2.41. The molecule has 0 spiro atoms. The molecule has 1 saturated carbocycles. The minimum absolute atomic E-state index is 0. The van der Waals surface area contributed by atoms with Crippen molar-refractivity contribution in [3.05, 3.63) is 29.3 Å². The molecule has 0 aromatic heterocycles. The van der Waals surface area contributed by atoms with Crippen LogP contribution in [0.3, 0.4) is 0 Å². The number of hydrogen-bond acceptors (Lipinski definition) is 3. The molecule has 3 nitrogen and oxygen atoms in total. The van der Waals surface area contributed by atoms with E-state index in [9.17, 15) is 4.79 Å². The monoisotopic (exact) mass is 348 g/mol. The van der Waals surface area contributed by atoms with Crippen molar-refractivity contribution in [2.24, 2.45) is 11.7 Å². The first-order valence-electron chi connectivity index (χ1n) is 6.93. The molecular weight excluding hydrogens is 327 g/mol. The Hall–Kier alpha value is -0.420. The number of carbonyl (C=O) groups excluding carboxylic acids is 1. The number of hydrogen-bond donors (Lipinski definition) is 2. The van der Waals surface area contributed by atoms with Crippen LogP contribution >= 0.6 is 35.8 Å². The average molecular weight is 349 g/mol. The number of benzene rings is 1. The number of nitrogens with two attached hydrogens (primary N) is 1. The van der Waals surface area contributed by atoms with Crippen molar-refractivity contribution in [1.82, 2.24) is 5.32 Å². The molecule has 1 aromatic carbocycles. The second-order valence-electron chi connectivity index (χ2n) is 5.50. The van der Waals surface area contributed by atoms with Crippen LogP contribution < -0.4 is 11.1 Å². The summed E-state index contributed by atoms with van der Waals surface area (Å²) in [7, 11) is 0. The molecule has 1 aromatic rings. The highest BCUT2D eigenvalue weighted by molar-refractivity contribution is 7.99. The molecule has 0 saturated heterocycles. The first-order valence-corrected chi connectivity index (χ1v) is 8.29. The summed E-state index contributed by atoms with van der Waals surface area (Å²) in [5.74, 6) is 1.41. The SMILES string of the molecule is CC(CN)(NC(=O)CCSc1ccc(Cl)cc1)C1CC1.Cl. The molecule has 1 amide bonds. The van der Waals surface area contributed by atoms with E-state index in [0.717, 1.165) is 15.7 Å². The molecule has 1 atom stereocenters. The Bertz CT molecular complexity index is 465. The minimum Gasteiger partial charge on any atom is -0.349 e. The van der Waals surface area contributed by atoms with Gasteiger partial charge in [-0.15, -0.1) is 24.2 Å². The summed E-state index contributed by atoms with van der Waals surface area (Å²) >= 11 is 7.50. The molecular formula is C15H22Cl2N2OS. The van der Waals surface area contributed by atoms with Gasteiger partial charge in [0.15, 0.2) is 0 Å². The number of nitrogens with one attached hydrogen (secondary N) is 1. The first kappa shape index (κ1) is 18.6. The van der Waals surface area contributed by atoms with Gasteiger partial charge in [0.2, 0.25) is 5.91 Å². The van der Waals surface area contributed by atoms with Gasteiger partial charge < -0.3 is 11.1 Å². The topological polar surface area (TPSA) is 55.1 Å². The summed E-state index contributed by atoms with van der Waals surface area (Å²) in [6.45, 7) is 2.56. The molecule has 2 rings (SSSR count). The molecule has 0 radical (unpaired) electrons. The number of halogens is 2. The van der Waals surface area contributed by atoms with Crippen molar-refractivity contribution in [3.8, 4) is 0 Å². The molecule has 118 valence electrons. The van der Waals surface area contributed by atoms with Gasteiger partial charge in [-0.3, -0.25) is 4.79 Å². The number of carbonyl (C=O) groups is 1. The Kier molecular flexibility index (Phi) is 7.34. The van der Waals surface area contributed by atoms with E-state index >= 15 is 0 Å². The zero-order valence-corrected chi connectivity index (χ0v) is 14.5. The normalized spacial score (nSPS) is 16.7. The molecule has 1 aliphatic carbocycles. The Balaban J connectivity index is 0.00000220. The smallest absolute Gasteiger partial charge is 0.221 e. The zero-order valence-electron chi connectivity index (χ0n) is 12.1. The lowest BCUT2D eigenvalue weighted by molar-refractivity contribution is -0.122. The average Bonchev–Trinajstić information content (AvgIpc) is 3.25. The van der Waals surface area contributed by atoms with Gasteiger partial charge in [-0.05, 0) is 49.9 Å². The van der Waals surface area contributed by atoms with E-state index in [1.54, 1.807) is 11.8 Å². The third-order valence-corrected chi connectivity index (χ3v) is 5.00. The molecule has 0 heterocycles. The summed E-state index contributed by atoms with van der Waals surface area (Å²) in [4.78, 5) is 13.1. The van der Waals surface area contributed by atoms with E-state index in [4.69, 9.17) is 17.3 Å². The molecule has 21 heavy (non-hydrogen) atoms. The second-order valence-corrected chi connectivity index (χ2v) is 7.10. The maximum Gasteiger partial charge on any atom is 0.221 e. The fourth-order valence-electron chi connectivity index (χ4n) is 2.21. The molecule has 0 bridgehead atoms. The Morgan fingerprint density at radius 2 is 2.05 bits per heavy atom. The second kappa shape index (κ2) is 8.28. The lowest BCUT2D eigenvalue weighted by atomic mass is 9.96. The van der Waals surface area contributed by atoms with E-state index < -0.39 is 0 Å². The van der Waals surface area contributed by atoms with E-state index in [2.05, 4.69) is 12.2 Å². The third kappa shape index (κ3) is 5.70. The van der Waals surface area contributed by atoms with E-state index in [1.165, 1.54) is 12.8 Å². The van der Waals surface area contributed by atoms with Gasteiger partial charge in [-0.1, -0.05) is 11.6 Å². The highest BCUT2D eigenvalue weighted by atomic mass is 35.5. The molecule has 6 heteroatoms. The van der Waals surface area contributed by atoms with Crippen LogP contribution in [0.25, 0.3) is 0 Å². The molecule has 1 aliphatic rings. The summed E-state index contributed by atoms with van der Waals surface area (Å²) in [6, 6.07) is 7.67. The van der Waals surface area contributed by atoms with Crippen LogP contribution in [0.2, 0.25) is 5.02 Å². The summed E-state index contributed by atoms with van der Waals surface area (Å²) < 4.78 is 0. The van der Waals surface area contributed by atoms with E-state index in [0.29, 0.717) is 18.9 Å². The predicted octanol–water partition coefficient (Wildman–Crippen LogP) is 3.49. The van der Waals surface area contributed by atoms with Crippen LogP contribution in [0.15, 0.2) is 29.2 Å². The molecule has 0 aliphatic heterocycles. The van der Waals surface area contributed by atoms with Crippen LogP contribution in [0, 0.1) is 5.92 Å². The van der Waals surface area contributed by atoms with Crippen molar-refractivity contribution < 1.29 is 4.79 Å². The fourth-order valence-corrected chi connectivity index (χ4v) is 3.19. The summed E-state index contributed by atoms with van der Waals surface area (Å²) in [5, 5.41) is 3.83. The Morgan fingerprint density at radius 3 is 2.57 bits per heavy atom. The van der Waals surface area contributed by atoms with Crippen LogP contribution in [0.1, 0.15) is 26.2 Å². The van der Waals surface area contributed by atoms with Gasteiger partial charge in [0.1, 0.15) is 0 Å². The maximum atomic E-state index is 12.0. The molecule has 3 N–H and O–H groups in total. The standard InChI is InChI=1S/C15H21ClN2OS.ClH/c1-15(10-17,11-2-3-11)18-14(19)8-9-20-13-6-4-12(16)5-7-13;/h4-7,11H,2-3,8-10,17H2,1H3,(H,18,19);1H. The molecule has 1 fully saturated rings. The van der Waals surface area contributed by atoms with Crippen LogP contribution in [-0.2, 0) is 4.79 Å². The number of thioether (sulfide) groups is 1. The Morgan fingerprint density at radius 1 is 1.43 bits per heavy atom. The Labute approximate surface area is 141 Å². The van der Waals surface area contributed by atoms with Gasteiger partial charge in [0.05, 0.1) is 5.54 Å². The largest absolute Gasteiger partial charge is 0.349 e. The first-order chi connectivity index (χ1) is 9.53. The molecule has 1 unspecified atom stereocenters. The summed E-state index contributed by atoms with van der Waals surface area (Å²) in [6.07, 6.45) is 2.86. The van der Waals surface area contributed by atoms with Crippen molar-refractivity contribution >= 4 is 41.7 Å². The highest BCUT2D eigenvalue weighted by Crippen LogP contribution is 2.39.